The van der Waals surface area contributed by atoms with Gasteiger partial charge in [0.2, 0.25) is 11.8 Å². The van der Waals surface area contributed by atoms with Gasteiger partial charge in [-0.25, -0.2) is 0 Å². The minimum atomic E-state index is -0.264. The molecular formula is C15H19BrN2O3. The fraction of sp³-hybridized carbons (Fsp3) is 0.467. The predicted octanol–water partition coefficient (Wildman–Crippen LogP) is 1.94. The second-order valence-electron chi connectivity index (χ2n) is 5.11. The number of likely N-dealkylation sites (tertiary alicyclic amines) is 1. The molecule has 1 aliphatic rings. The third-order valence-electron chi connectivity index (χ3n) is 3.63. The molecule has 2 N–H and O–H groups in total. The molecule has 0 aromatic heterocycles. The van der Waals surface area contributed by atoms with Gasteiger partial charge in [-0.3, -0.25) is 9.59 Å². The zero-order valence-electron chi connectivity index (χ0n) is 11.8. The van der Waals surface area contributed by atoms with Crippen LogP contribution < -0.4 is 10.5 Å². The average molecular weight is 355 g/mol. The number of nitrogens with zero attached hydrogens (tertiary/aromatic N) is 1. The third kappa shape index (κ3) is 4.74. The molecule has 0 bridgehead atoms. The highest BCUT2D eigenvalue weighted by atomic mass is 79.9. The Balaban J connectivity index is 1.72. The second kappa shape index (κ2) is 7.45. The summed E-state index contributed by atoms with van der Waals surface area (Å²) in [6.45, 7) is 1.55. The van der Waals surface area contributed by atoms with E-state index >= 15 is 0 Å². The van der Waals surface area contributed by atoms with E-state index in [0.29, 0.717) is 39.0 Å². The van der Waals surface area contributed by atoms with Gasteiger partial charge in [0.15, 0.2) is 0 Å². The highest BCUT2D eigenvalue weighted by molar-refractivity contribution is 9.10. The van der Waals surface area contributed by atoms with Crippen molar-refractivity contribution < 1.29 is 14.3 Å². The molecule has 114 valence electrons. The molecule has 1 fully saturated rings. The summed E-state index contributed by atoms with van der Waals surface area (Å²) in [4.78, 5) is 24.9. The maximum atomic E-state index is 12.1. The summed E-state index contributed by atoms with van der Waals surface area (Å²) in [5.74, 6) is 0.449. The Morgan fingerprint density at radius 2 is 2.05 bits per heavy atom. The lowest BCUT2D eigenvalue weighted by Crippen LogP contribution is -2.42. The van der Waals surface area contributed by atoms with Crippen molar-refractivity contribution in [2.24, 2.45) is 11.7 Å². The molecule has 0 radical (unpaired) electrons. The molecule has 0 saturated carbocycles. The highest BCUT2D eigenvalue weighted by Gasteiger charge is 2.25. The number of amides is 2. The van der Waals surface area contributed by atoms with Gasteiger partial charge < -0.3 is 15.4 Å². The molecule has 0 spiro atoms. The SMILES string of the molecule is NC(=O)C1CCN(C(=O)CCOc2cccc(Br)c2)CC1. The number of carbonyl (C=O) groups excluding carboxylic acids is 2. The number of halogens is 1. The first-order valence-electron chi connectivity index (χ1n) is 7.01. The minimum absolute atomic E-state index is 0.0629. The lowest BCUT2D eigenvalue weighted by atomic mass is 9.96. The van der Waals surface area contributed by atoms with Gasteiger partial charge in [0.1, 0.15) is 5.75 Å². The Morgan fingerprint density at radius 3 is 2.67 bits per heavy atom. The Morgan fingerprint density at radius 1 is 1.33 bits per heavy atom. The van der Waals surface area contributed by atoms with E-state index in [9.17, 15) is 9.59 Å². The van der Waals surface area contributed by atoms with Crippen molar-refractivity contribution in [2.45, 2.75) is 19.3 Å². The van der Waals surface area contributed by atoms with E-state index in [2.05, 4.69) is 15.9 Å². The van der Waals surface area contributed by atoms with Gasteiger partial charge in [-0.1, -0.05) is 22.0 Å². The largest absolute Gasteiger partial charge is 0.493 e. The van der Waals surface area contributed by atoms with Crippen molar-refractivity contribution in [3.05, 3.63) is 28.7 Å². The van der Waals surface area contributed by atoms with Crippen LogP contribution in [0.1, 0.15) is 19.3 Å². The monoisotopic (exact) mass is 354 g/mol. The van der Waals surface area contributed by atoms with Crippen molar-refractivity contribution in [1.29, 1.82) is 0 Å². The van der Waals surface area contributed by atoms with E-state index in [1.165, 1.54) is 0 Å². The van der Waals surface area contributed by atoms with Crippen LogP contribution in [0.15, 0.2) is 28.7 Å². The quantitative estimate of drug-likeness (QED) is 0.877. The summed E-state index contributed by atoms with van der Waals surface area (Å²) < 4.78 is 6.50. The lowest BCUT2D eigenvalue weighted by molar-refractivity contribution is -0.135. The van der Waals surface area contributed by atoms with E-state index < -0.39 is 0 Å². The summed E-state index contributed by atoms with van der Waals surface area (Å²) >= 11 is 3.37. The van der Waals surface area contributed by atoms with E-state index in [0.717, 1.165) is 10.2 Å². The highest BCUT2D eigenvalue weighted by Crippen LogP contribution is 2.19. The van der Waals surface area contributed by atoms with Crippen molar-refractivity contribution in [2.75, 3.05) is 19.7 Å². The van der Waals surface area contributed by atoms with E-state index in [4.69, 9.17) is 10.5 Å². The molecule has 6 heteroatoms. The molecule has 0 unspecified atom stereocenters. The molecule has 5 nitrogen and oxygen atoms in total. The first-order valence-corrected chi connectivity index (χ1v) is 7.81. The zero-order valence-corrected chi connectivity index (χ0v) is 13.3. The molecule has 1 aliphatic heterocycles. The number of nitrogens with two attached hydrogens (primary N) is 1. The van der Waals surface area contributed by atoms with Crippen LogP contribution in [0.4, 0.5) is 0 Å². The molecular weight excluding hydrogens is 336 g/mol. The zero-order chi connectivity index (χ0) is 15.2. The molecule has 1 aromatic carbocycles. The van der Waals surface area contributed by atoms with Gasteiger partial charge in [0, 0.05) is 23.5 Å². The molecule has 1 aromatic rings. The summed E-state index contributed by atoms with van der Waals surface area (Å²) in [5, 5.41) is 0. The van der Waals surface area contributed by atoms with E-state index in [1.807, 2.05) is 24.3 Å². The number of piperidine rings is 1. The Kier molecular flexibility index (Phi) is 5.61. The lowest BCUT2D eigenvalue weighted by Gasteiger charge is -2.30. The van der Waals surface area contributed by atoms with Crippen molar-refractivity contribution >= 4 is 27.7 Å². The van der Waals surface area contributed by atoms with Crippen molar-refractivity contribution in [1.82, 2.24) is 4.90 Å². The van der Waals surface area contributed by atoms with Crippen molar-refractivity contribution in [3.63, 3.8) is 0 Å². The molecule has 1 heterocycles. The molecule has 0 atom stereocenters. The van der Waals surface area contributed by atoms with Crippen LogP contribution in [0.3, 0.4) is 0 Å². The van der Waals surface area contributed by atoms with Gasteiger partial charge in [0.25, 0.3) is 0 Å². The van der Waals surface area contributed by atoms with Gasteiger partial charge in [-0.15, -0.1) is 0 Å². The van der Waals surface area contributed by atoms with E-state index in [-0.39, 0.29) is 17.7 Å². The first kappa shape index (κ1) is 15.8. The molecule has 1 saturated heterocycles. The number of primary amides is 1. The van der Waals surface area contributed by atoms with Crippen LogP contribution >= 0.6 is 15.9 Å². The average Bonchev–Trinajstić information content (AvgIpc) is 2.47. The van der Waals surface area contributed by atoms with Crippen LogP contribution in [0, 0.1) is 5.92 Å². The maximum absolute atomic E-state index is 12.1. The third-order valence-corrected chi connectivity index (χ3v) is 4.12. The topological polar surface area (TPSA) is 72.6 Å². The fourth-order valence-electron chi connectivity index (χ4n) is 2.38. The number of benzene rings is 1. The summed E-state index contributed by atoms with van der Waals surface area (Å²) in [6.07, 6.45) is 1.66. The summed E-state index contributed by atoms with van der Waals surface area (Å²) in [6, 6.07) is 7.52. The van der Waals surface area contributed by atoms with Gasteiger partial charge in [-0.2, -0.15) is 0 Å². The van der Waals surface area contributed by atoms with Gasteiger partial charge in [-0.05, 0) is 31.0 Å². The number of carbonyl (C=O) groups is 2. The van der Waals surface area contributed by atoms with Crippen molar-refractivity contribution in [3.8, 4) is 5.75 Å². The number of rotatable bonds is 5. The van der Waals surface area contributed by atoms with Crippen LogP contribution in [-0.2, 0) is 9.59 Å². The predicted molar refractivity (Wildman–Crippen MR) is 82.8 cm³/mol. The molecule has 0 aliphatic carbocycles. The Bertz CT molecular complexity index is 513. The molecule has 2 amide bonds. The standard InChI is InChI=1S/C15H19BrN2O3/c16-12-2-1-3-13(10-12)21-9-6-14(19)18-7-4-11(5-8-18)15(17)20/h1-3,10-11H,4-9H2,(H2,17,20). The second-order valence-corrected chi connectivity index (χ2v) is 6.03. The van der Waals surface area contributed by atoms with Gasteiger partial charge >= 0.3 is 0 Å². The maximum Gasteiger partial charge on any atom is 0.225 e. The Hall–Kier alpha value is -1.56. The number of ether oxygens (including phenoxy) is 1. The van der Waals surface area contributed by atoms with E-state index in [1.54, 1.807) is 4.90 Å². The van der Waals surface area contributed by atoms with Crippen LogP contribution in [0.25, 0.3) is 0 Å². The molecule has 21 heavy (non-hydrogen) atoms. The van der Waals surface area contributed by atoms with Crippen LogP contribution in [0.5, 0.6) is 5.75 Å². The smallest absolute Gasteiger partial charge is 0.225 e. The van der Waals surface area contributed by atoms with Crippen LogP contribution in [0.2, 0.25) is 0 Å². The van der Waals surface area contributed by atoms with Crippen LogP contribution in [-0.4, -0.2) is 36.4 Å². The van der Waals surface area contributed by atoms with Gasteiger partial charge in [0.05, 0.1) is 13.0 Å². The normalized spacial score (nSPS) is 15.8. The Labute approximate surface area is 132 Å². The number of hydrogen-bond donors (Lipinski definition) is 1. The first-order chi connectivity index (χ1) is 10.1. The summed E-state index contributed by atoms with van der Waals surface area (Å²) in [7, 11) is 0. The minimum Gasteiger partial charge on any atom is -0.493 e. The fourth-order valence-corrected chi connectivity index (χ4v) is 2.76. The summed E-state index contributed by atoms with van der Waals surface area (Å²) in [5.41, 5.74) is 5.28. The molecule has 2 rings (SSSR count). The number of hydrogen-bond acceptors (Lipinski definition) is 3.